The Hall–Kier alpha value is -0.420. The SMILES string of the molecule is C.C.C1COCCN1.C[C@H]1C[C@H]2[C@@H](CC[C@@H]3[C@@H]2CC[C@]2(C)[C@@H](C(=O)CBr)CC[C@@H]32)C[C@]1(C)O.C[C@H]1C[C@H]2[C@@H](CC[C@@H]3[C@@H]2CC[C@]2(C)[C@@H](C(=O)CN4CCOCC4)CC[C@@H]32)C[C@]1(C)O. The fourth-order valence-electron chi connectivity index (χ4n) is 17.3. The summed E-state index contributed by atoms with van der Waals surface area (Å²) in [6.07, 6.45) is 19.6. The van der Waals surface area contributed by atoms with Crippen LogP contribution in [0.15, 0.2) is 0 Å². The molecule has 0 amide bonds. The summed E-state index contributed by atoms with van der Waals surface area (Å²) in [7, 11) is 0. The van der Waals surface area contributed by atoms with Gasteiger partial charge in [0.2, 0.25) is 0 Å². The van der Waals surface area contributed by atoms with Gasteiger partial charge in [-0.05, 0) is 198 Å². The minimum Gasteiger partial charge on any atom is -0.390 e. The van der Waals surface area contributed by atoms with E-state index in [2.05, 4.69) is 67.7 Å². The predicted octanol–water partition coefficient (Wildman–Crippen LogP) is 10.2. The van der Waals surface area contributed by atoms with E-state index in [1.54, 1.807) is 0 Å². The third-order valence-corrected chi connectivity index (χ3v) is 21.6. The van der Waals surface area contributed by atoms with E-state index in [-0.39, 0.29) is 31.6 Å². The lowest BCUT2D eigenvalue weighted by Crippen LogP contribution is -2.53. The highest BCUT2D eigenvalue weighted by atomic mass is 79.9. The van der Waals surface area contributed by atoms with Gasteiger partial charge in [-0.3, -0.25) is 14.5 Å². The highest BCUT2D eigenvalue weighted by molar-refractivity contribution is 9.09. The number of hydrogen-bond acceptors (Lipinski definition) is 8. The van der Waals surface area contributed by atoms with Crippen LogP contribution >= 0.6 is 15.9 Å². The summed E-state index contributed by atoms with van der Waals surface area (Å²) in [5, 5.41) is 25.3. The number of fused-ring (bicyclic) bond motifs is 10. The number of hydrogen-bond donors (Lipinski definition) is 3. The molecule has 18 atom stereocenters. The zero-order valence-corrected chi connectivity index (χ0v) is 40.9. The summed E-state index contributed by atoms with van der Waals surface area (Å²) in [4.78, 5) is 28.2. The predicted molar refractivity (Wildman–Crippen MR) is 260 cm³/mol. The van der Waals surface area contributed by atoms with Crippen molar-refractivity contribution in [1.82, 2.24) is 10.2 Å². The molecule has 10 fully saturated rings. The smallest absolute Gasteiger partial charge is 0.150 e. The third-order valence-electron chi connectivity index (χ3n) is 21.0. The summed E-state index contributed by atoms with van der Waals surface area (Å²) in [5.74, 6) is 10.3. The summed E-state index contributed by atoms with van der Waals surface area (Å²) >= 11 is 3.42. The number of aliphatic hydroxyl groups is 2. The van der Waals surface area contributed by atoms with E-state index in [9.17, 15) is 19.8 Å². The molecule has 10 rings (SSSR count). The van der Waals surface area contributed by atoms with Crippen molar-refractivity contribution in [3.05, 3.63) is 0 Å². The molecule has 0 bridgehead atoms. The molecule has 8 nitrogen and oxygen atoms in total. The van der Waals surface area contributed by atoms with Gasteiger partial charge in [0.05, 0.1) is 49.5 Å². The number of carbonyl (C=O) groups excluding carboxylic acids is 2. The van der Waals surface area contributed by atoms with Gasteiger partial charge in [-0.25, -0.2) is 0 Å². The molecule has 0 aromatic heterocycles. The van der Waals surface area contributed by atoms with Gasteiger partial charge in [0.1, 0.15) is 11.6 Å². The Morgan fingerprint density at radius 3 is 1.46 bits per heavy atom. The Morgan fingerprint density at radius 1 is 0.603 bits per heavy atom. The van der Waals surface area contributed by atoms with Crippen molar-refractivity contribution in [3.8, 4) is 0 Å². The molecule has 2 heterocycles. The van der Waals surface area contributed by atoms with Gasteiger partial charge in [-0.15, -0.1) is 0 Å². The number of ketones is 2. The quantitative estimate of drug-likeness (QED) is 0.234. The molecule has 3 N–H and O–H groups in total. The number of nitrogens with one attached hydrogen (secondary N) is 1. The second-order valence-electron chi connectivity index (χ2n) is 23.9. The normalized spacial score (nSPS) is 48.8. The Balaban J connectivity index is 0.000000182. The van der Waals surface area contributed by atoms with Crippen molar-refractivity contribution in [2.75, 3.05) is 64.5 Å². The maximum absolute atomic E-state index is 13.4. The largest absolute Gasteiger partial charge is 0.390 e. The minimum absolute atomic E-state index is 0. The molecule has 0 radical (unpaired) electrons. The van der Waals surface area contributed by atoms with Crippen LogP contribution in [-0.4, -0.2) is 102 Å². The molecule has 2 saturated heterocycles. The van der Waals surface area contributed by atoms with Crippen LogP contribution in [0.3, 0.4) is 0 Å². The van der Waals surface area contributed by atoms with Gasteiger partial charge < -0.3 is 25.0 Å². The maximum atomic E-state index is 13.4. The molecule has 8 aliphatic carbocycles. The van der Waals surface area contributed by atoms with Crippen LogP contribution in [0.5, 0.6) is 0 Å². The second kappa shape index (κ2) is 21.1. The summed E-state index contributed by atoms with van der Waals surface area (Å²) in [6.45, 7) is 21.4. The molecule has 9 heteroatoms. The molecule has 0 unspecified atom stereocenters. The van der Waals surface area contributed by atoms with Crippen molar-refractivity contribution in [2.45, 2.75) is 170 Å². The minimum atomic E-state index is -0.471. The molecule has 0 spiro atoms. The van der Waals surface area contributed by atoms with E-state index in [0.717, 1.165) is 137 Å². The van der Waals surface area contributed by atoms with E-state index >= 15 is 0 Å². The highest BCUT2D eigenvalue weighted by Crippen LogP contribution is 2.67. The van der Waals surface area contributed by atoms with Crippen molar-refractivity contribution in [2.24, 2.45) is 93.7 Å². The Kier molecular flexibility index (Phi) is 17.4. The molecular formula is C54H95BrN2O6. The van der Waals surface area contributed by atoms with Gasteiger partial charge in [-0.2, -0.15) is 0 Å². The molecule has 63 heavy (non-hydrogen) atoms. The van der Waals surface area contributed by atoms with Crippen LogP contribution in [0, 0.1) is 93.7 Å². The van der Waals surface area contributed by atoms with Crippen LogP contribution in [0.1, 0.15) is 159 Å². The first kappa shape index (κ1) is 52.0. The summed E-state index contributed by atoms with van der Waals surface area (Å²) < 4.78 is 10.5. The standard InChI is InChI=1S/C26H43NO3.C22H35BrO2.C4H9NO.2CH4/c1-17-14-21-18(15-26(17,3)29)4-5-20-19(21)8-9-25(2)22(20)6-7-23(25)24(28)16-27-10-12-30-13-11-27;1-13-10-17-14(11-22(13,3)25)4-5-16-15(17)8-9-21(2)18(16)6-7-19(21)20(24)12-23;1-3-6-4-2-5-1;;/h17-23,29H,4-16H2,1-3H3;13-19,25H,4-12H2,1-3H3;5H,1-4H2;2*1H4/t17-,18-,19-,20+,21-,22-,23+,25-,26-;13-,14-,15-,16+,17-,18-,19+,21-,22-;;;/m00.../s1. The number of rotatable bonds is 5. The summed E-state index contributed by atoms with van der Waals surface area (Å²) in [5.41, 5.74) is -0.451. The van der Waals surface area contributed by atoms with Gasteiger partial charge in [-0.1, -0.05) is 58.5 Å². The third kappa shape index (κ3) is 10.3. The average Bonchev–Trinajstić information content (AvgIpc) is 3.79. The zero-order chi connectivity index (χ0) is 43.3. The number of Topliss-reactive ketones (excluding diaryl/α,β-unsaturated/α-hetero) is 2. The van der Waals surface area contributed by atoms with Gasteiger partial charge in [0.15, 0.2) is 0 Å². The van der Waals surface area contributed by atoms with Crippen LogP contribution in [0.4, 0.5) is 0 Å². The van der Waals surface area contributed by atoms with Gasteiger partial charge in [0.25, 0.3) is 0 Å². The molecule has 2 aliphatic heterocycles. The van der Waals surface area contributed by atoms with E-state index in [4.69, 9.17) is 9.47 Å². The van der Waals surface area contributed by atoms with Crippen LogP contribution < -0.4 is 5.32 Å². The summed E-state index contributed by atoms with van der Waals surface area (Å²) in [6, 6.07) is 0. The van der Waals surface area contributed by atoms with E-state index in [1.807, 2.05) is 0 Å². The fourth-order valence-corrected chi connectivity index (χ4v) is 17.6. The first-order chi connectivity index (χ1) is 29.1. The van der Waals surface area contributed by atoms with Crippen LogP contribution in [0.2, 0.25) is 0 Å². The van der Waals surface area contributed by atoms with Crippen molar-refractivity contribution in [3.63, 3.8) is 0 Å². The fraction of sp³-hybridized carbons (Fsp3) is 0.963. The molecule has 10 aliphatic rings. The lowest BCUT2D eigenvalue weighted by Gasteiger charge is -2.58. The topological polar surface area (TPSA) is 108 Å². The highest BCUT2D eigenvalue weighted by Gasteiger charge is 2.61. The Bertz CT molecular complexity index is 1500. The Labute approximate surface area is 393 Å². The second-order valence-corrected chi connectivity index (χ2v) is 24.5. The Morgan fingerprint density at radius 2 is 1.05 bits per heavy atom. The monoisotopic (exact) mass is 947 g/mol. The van der Waals surface area contributed by atoms with Crippen molar-refractivity contribution >= 4 is 27.5 Å². The van der Waals surface area contributed by atoms with Gasteiger partial charge in [0, 0.05) is 38.0 Å². The molecule has 0 aromatic carbocycles. The first-order valence-electron chi connectivity index (χ1n) is 25.7. The van der Waals surface area contributed by atoms with E-state index in [0.29, 0.717) is 41.2 Å². The first-order valence-corrected chi connectivity index (χ1v) is 26.8. The number of alkyl halides is 1. The molecule has 0 aromatic rings. The van der Waals surface area contributed by atoms with Crippen LogP contribution in [0.25, 0.3) is 0 Å². The molecule has 8 saturated carbocycles. The maximum Gasteiger partial charge on any atom is 0.150 e. The lowest BCUT2D eigenvalue weighted by atomic mass is 9.48. The number of halogens is 1. The lowest BCUT2D eigenvalue weighted by molar-refractivity contribution is -0.137. The van der Waals surface area contributed by atoms with Gasteiger partial charge >= 0.3 is 0 Å². The van der Waals surface area contributed by atoms with Crippen molar-refractivity contribution in [1.29, 1.82) is 0 Å². The zero-order valence-electron chi connectivity index (χ0n) is 39.3. The number of morpholine rings is 2. The molecule has 364 valence electrons. The van der Waals surface area contributed by atoms with E-state index in [1.165, 1.54) is 77.0 Å². The number of carbonyl (C=O) groups is 2. The number of ether oxygens (including phenoxy) is 2. The van der Waals surface area contributed by atoms with E-state index < -0.39 is 11.2 Å². The molecular weight excluding hydrogens is 853 g/mol. The average molecular weight is 948 g/mol. The van der Waals surface area contributed by atoms with Crippen LogP contribution in [-0.2, 0) is 19.1 Å². The van der Waals surface area contributed by atoms with Crippen molar-refractivity contribution < 1.29 is 29.3 Å². The number of nitrogens with zero attached hydrogens (tertiary/aromatic N) is 1.